The molecule has 132 valence electrons. The maximum Gasteiger partial charge on any atom is 0.133 e. The van der Waals surface area contributed by atoms with Crippen LogP contribution in [0.4, 0.5) is 17.1 Å². The number of nitrogens with one attached hydrogen (secondary N) is 2. The van der Waals surface area contributed by atoms with Gasteiger partial charge in [0.15, 0.2) is 0 Å². The number of benzene rings is 2. The molecule has 0 aliphatic rings. The standard InChI is InChI=1S/C21H23N5/c1-3-5-8-16(4-2)25-20-10-7-6-9-18(20)21(24)26-17-11-12-19(23)15(13-17)14-22/h3-14,22,25H,2,23H2,1H3,(H2,24,26)/b5-3-,16-8+,22-14?. The third kappa shape index (κ3) is 4.70. The first-order valence-electron chi connectivity index (χ1n) is 8.15. The third-order valence-electron chi connectivity index (χ3n) is 3.65. The number of hydrogen-bond donors (Lipinski definition) is 4. The summed E-state index contributed by atoms with van der Waals surface area (Å²) in [5.41, 5.74) is 16.3. The number of nitrogens with two attached hydrogens (primary N) is 2. The van der Waals surface area contributed by atoms with Crippen LogP contribution in [0.25, 0.3) is 0 Å². The van der Waals surface area contributed by atoms with Crippen LogP contribution in [0.15, 0.2) is 84.0 Å². The molecule has 0 fully saturated rings. The molecule has 0 heterocycles. The summed E-state index contributed by atoms with van der Waals surface area (Å²) < 4.78 is 0. The molecule has 0 amide bonds. The summed E-state index contributed by atoms with van der Waals surface area (Å²) in [7, 11) is 0. The lowest BCUT2D eigenvalue weighted by Crippen LogP contribution is -2.15. The highest BCUT2D eigenvalue weighted by Gasteiger charge is 2.07. The van der Waals surface area contributed by atoms with Crippen LogP contribution in [-0.2, 0) is 0 Å². The van der Waals surface area contributed by atoms with Crippen LogP contribution in [0.3, 0.4) is 0 Å². The topological polar surface area (TPSA) is 100 Å². The largest absolute Gasteiger partial charge is 0.398 e. The Morgan fingerprint density at radius 3 is 2.69 bits per heavy atom. The number of amidine groups is 1. The Labute approximate surface area is 154 Å². The number of anilines is 2. The predicted octanol–water partition coefficient (Wildman–Crippen LogP) is 4.36. The minimum absolute atomic E-state index is 0.364. The van der Waals surface area contributed by atoms with E-state index in [1.54, 1.807) is 24.3 Å². The van der Waals surface area contributed by atoms with Gasteiger partial charge >= 0.3 is 0 Å². The van der Waals surface area contributed by atoms with E-state index in [1.165, 1.54) is 6.21 Å². The summed E-state index contributed by atoms with van der Waals surface area (Å²) in [6.07, 6.45) is 8.72. The second kappa shape index (κ2) is 9.03. The van der Waals surface area contributed by atoms with E-state index < -0.39 is 0 Å². The highest BCUT2D eigenvalue weighted by molar-refractivity contribution is 6.04. The van der Waals surface area contributed by atoms with Crippen molar-refractivity contribution in [1.29, 1.82) is 5.41 Å². The van der Waals surface area contributed by atoms with Crippen molar-refractivity contribution in [2.24, 2.45) is 10.7 Å². The molecule has 26 heavy (non-hydrogen) atoms. The van der Waals surface area contributed by atoms with E-state index >= 15 is 0 Å². The van der Waals surface area contributed by atoms with Crippen molar-refractivity contribution >= 4 is 29.1 Å². The van der Waals surface area contributed by atoms with Gasteiger partial charge in [-0.1, -0.05) is 30.9 Å². The van der Waals surface area contributed by atoms with E-state index in [-0.39, 0.29) is 0 Å². The Kier molecular flexibility index (Phi) is 6.51. The lowest BCUT2D eigenvalue weighted by Gasteiger charge is -2.12. The summed E-state index contributed by atoms with van der Waals surface area (Å²) >= 11 is 0. The molecule has 5 heteroatoms. The van der Waals surface area contributed by atoms with E-state index in [0.717, 1.165) is 16.9 Å². The van der Waals surface area contributed by atoms with Crippen LogP contribution in [0, 0.1) is 5.41 Å². The van der Waals surface area contributed by atoms with Gasteiger partial charge in [-0.15, -0.1) is 0 Å². The van der Waals surface area contributed by atoms with Gasteiger partial charge < -0.3 is 22.2 Å². The Morgan fingerprint density at radius 1 is 1.23 bits per heavy atom. The maximum atomic E-state index is 7.40. The molecular formula is C21H23N5. The maximum absolute atomic E-state index is 7.40. The van der Waals surface area contributed by atoms with Crippen molar-refractivity contribution in [3.63, 3.8) is 0 Å². The van der Waals surface area contributed by atoms with E-state index in [4.69, 9.17) is 16.9 Å². The molecule has 0 aromatic heterocycles. The van der Waals surface area contributed by atoms with Crippen molar-refractivity contribution < 1.29 is 0 Å². The number of nitrogen functional groups attached to an aromatic ring is 1. The Balaban J connectivity index is 2.39. The first-order chi connectivity index (χ1) is 12.6. The Morgan fingerprint density at radius 2 is 2.00 bits per heavy atom. The summed E-state index contributed by atoms with van der Waals surface area (Å²) in [6, 6.07) is 12.9. The van der Waals surface area contributed by atoms with E-state index in [0.29, 0.717) is 22.8 Å². The molecule has 0 atom stereocenters. The van der Waals surface area contributed by atoms with Gasteiger partial charge in [0, 0.05) is 34.4 Å². The SMILES string of the molecule is C=C/C(=C\C=C/C)Nc1ccccc1C(N)=Nc1ccc(N)c(C=N)c1. The predicted molar refractivity (Wildman–Crippen MR) is 112 cm³/mol. The minimum Gasteiger partial charge on any atom is -0.398 e. The van der Waals surface area contributed by atoms with Gasteiger partial charge in [-0.05, 0) is 49.4 Å². The fourth-order valence-electron chi connectivity index (χ4n) is 2.29. The fraction of sp³-hybridized carbons (Fsp3) is 0.0476. The van der Waals surface area contributed by atoms with Crippen molar-refractivity contribution in [2.75, 3.05) is 11.1 Å². The first-order valence-corrected chi connectivity index (χ1v) is 8.15. The van der Waals surface area contributed by atoms with Gasteiger partial charge in [-0.3, -0.25) is 0 Å². The van der Waals surface area contributed by atoms with E-state index in [1.807, 2.05) is 49.4 Å². The average molecular weight is 345 g/mol. The molecule has 6 N–H and O–H groups in total. The minimum atomic E-state index is 0.364. The Hall–Kier alpha value is -3.60. The molecule has 0 unspecified atom stereocenters. The van der Waals surface area contributed by atoms with Crippen molar-refractivity contribution in [2.45, 2.75) is 6.92 Å². The molecule has 0 saturated carbocycles. The number of aliphatic imine (C=N–C) groups is 1. The lowest BCUT2D eigenvalue weighted by atomic mass is 10.1. The first kappa shape index (κ1) is 18.7. The molecule has 5 nitrogen and oxygen atoms in total. The summed E-state index contributed by atoms with van der Waals surface area (Å²) in [5.74, 6) is 0.364. The zero-order chi connectivity index (χ0) is 18.9. The summed E-state index contributed by atoms with van der Waals surface area (Å²) in [5, 5.41) is 10.7. The smallest absolute Gasteiger partial charge is 0.133 e. The van der Waals surface area contributed by atoms with Gasteiger partial charge in [0.25, 0.3) is 0 Å². The van der Waals surface area contributed by atoms with E-state index in [2.05, 4.69) is 16.9 Å². The van der Waals surface area contributed by atoms with Gasteiger partial charge in [0.1, 0.15) is 5.84 Å². The number of rotatable bonds is 7. The monoisotopic (exact) mass is 345 g/mol. The normalized spacial score (nSPS) is 12.2. The van der Waals surface area contributed by atoms with Gasteiger partial charge in [-0.25, -0.2) is 4.99 Å². The molecule has 0 bridgehead atoms. The zero-order valence-corrected chi connectivity index (χ0v) is 14.7. The van der Waals surface area contributed by atoms with Crippen LogP contribution in [-0.4, -0.2) is 12.1 Å². The van der Waals surface area contributed by atoms with Crippen LogP contribution in [0.2, 0.25) is 0 Å². The number of nitrogens with zero attached hydrogens (tertiary/aromatic N) is 1. The van der Waals surface area contributed by atoms with Crippen LogP contribution >= 0.6 is 0 Å². The second-order valence-electron chi connectivity index (χ2n) is 5.48. The Bertz CT molecular complexity index is 891. The van der Waals surface area contributed by atoms with Crippen molar-refractivity contribution in [1.82, 2.24) is 0 Å². The average Bonchev–Trinajstić information content (AvgIpc) is 2.66. The molecule has 0 spiro atoms. The molecule has 0 aliphatic carbocycles. The summed E-state index contributed by atoms with van der Waals surface area (Å²) in [6.45, 7) is 5.77. The van der Waals surface area contributed by atoms with Crippen molar-refractivity contribution in [3.8, 4) is 0 Å². The van der Waals surface area contributed by atoms with Crippen LogP contribution in [0.1, 0.15) is 18.1 Å². The molecule has 0 radical (unpaired) electrons. The van der Waals surface area contributed by atoms with Crippen LogP contribution in [0.5, 0.6) is 0 Å². The number of allylic oxidation sites excluding steroid dienone is 4. The van der Waals surface area contributed by atoms with Crippen molar-refractivity contribution in [3.05, 3.63) is 90.2 Å². The molecule has 2 aromatic rings. The fourth-order valence-corrected chi connectivity index (χ4v) is 2.29. The molecule has 0 aliphatic heterocycles. The quantitative estimate of drug-likeness (QED) is 0.259. The zero-order valence-electron chi connectivity index (χ0n) is 14.7. The molecule has 2 rings (SSSR count). The molecule has 0 saturated heterocycles. The number of para-hydroxylation sites is 1. The second-order valence-corrected chi connectivity index (χ2v) is 5.48. The number of hydrogen-bond acceptors (Lipinski definition) is 4. The van der Waals surface area contributed by atoms with E-state index in [9.17, 15) is 0 Å². The van der Waals surface area contributed by atoms with Gasteiger partial charge in [-0.2, -0.15) is 0 Å². The lowest BCUT2D eigenvalue weighted by molar-refractivity contribution is 1.41. The molecule has 2 aromatic carbocycles. The van der Waals surface area contributed by atoms with Gasteiger partial charge in [0.2, 0.25) is 0 Å². The van der Waals surface area contributed by atoms with Crippen LogP contribution < -0.4 is 16.8 Å². The molecular weight excluding hydrogens is 322 g/mol. The third-order valence-corrected chi connectivity index (χ3v) is 3.65. The summed E-state index contributed by atoms with van der Waals surface area (Å²) in [4.78, 5) is 4.47. The van der Waals surface area contributed by atoms with Gasteiger partial charge in [0.05, 0.1) is 5.69 Å². The highest BCUT2D eigenvalue weighted by Crippen LogP contribution is 2.22. The highest BCUT2D eigenvalue weighted by atomic mass is 14.9.